The number of carbonyl (C=O) groups excluding carboxylic acids is 2. The van der Waals surface area contributed by atoms with Crippen LogP contribution in [-0.2, 0) is 9.59 Å². The standard InChI is InChI=1S/C23H21N3O4S/c1-29-16-10-8-13(11-17(16)30-2)18-19-14-6-4-3-5-12(14)7-9-15(19)25-21(27)20(18)22(28)26-23(24)31/h3-11,18,20H,1-2H3,(H,25,27)(H3,24,26,28,31). The lowest BCUT2D eigenvalue weighted by Gasteiger charge is -2.34. The van der Waals surface area contributed by atoms with Crippen molar-refractivity contribution in [2.75, 3.05) is 19.5 Å². The van der Waals surface area contributed by atoms with Gasteiger partial charge < -0.3 is 25.8 Å². The maximum Gasteiger partial charge on any atom is 0.239 e. The number of anilines is 1. The fourth-order valence-corrected chi connectivity index (χ4v) is 4.24. The first-order chi connectivity index (χ1) is 14.9. The Labute approximate surface area is 184 Å². The van der Waals surface area contributed by atoms with Crippen molar-refractivity contribution in [1.29, 1.82) is 0 Å². The first-order valence-corrected chi connectivity index (χ1v) is 10.00. The third kappa shape index (κ3) is 3.66. The van der Waals surface area contributed by atoms with Gasteiger partial charge in [0.05, 0.1) is 14.2 Å². The van der Waals surface area contributed by atoms with Crippen molar-refractivity contribution in [3.8, 4) is 11.5 Å². The van der Waals surface area contributed by atoms with E-state index in [2.05, 4.69) is 10.6 Å². The molecule has 0 spiro atoms. The van der Waals surface area contributed by atoms with E-state index in [-0.39, 0.29) is 5.11 Å². The number of fused-ring (bicyclic) bond motifs is 3. The van der Waals surface area contributed by atoms with Crippen molar-refractivity contribution >= 4 is 45.6 Å². The summed E-state index contributed by atoms with van der Waals surface area (Å²) in [7, 11) is 3.09. The van der Waals surface area contributed by atoms with Gasteiger partial charge >= 0.3 is 0 Å². The SMILES string of the molecule is COc1ccc(C2c3c(ccc4ccccc34)NC(=O)C2C(=O)NC(N)=S)cc1OC. The van der Waals surface area contributed by atoms with E-state index in [0.717, 1.165) is 21.9 Å². The van der Waals surface area contributed by atoms with Crippen molar-refractivity contribution in [3.63, 3.8) is 0 Å². The highest BCUT2D eigenvalue weighted by atomic mass is 32.1. The molecule has 2 atom stereocenters. The van der Waals surface area contributed by atoms with Crippen LogP contribution >= 0.6 is 12.2 Å². The van der Waals surface area contributed by atoms with Gasteiger partial charge in [0.1, 0.15) is 5.92 Å². The number of nitrogens with one attached hydrogen (secondary N) is 2. The second-order valence-electron chi connectivity index (χ2n) is 7.16. The van der Waals surface area contributed by atoms with Gasteiger partial charge in [-0.05, 0) is 52.3 Å². The molecule has 7 nitrogen and oxygen atoms in total. The van der Waals surface area contributed by atoms with E-state index in [4.69, 9.17) is 27.4 Å². The van der Waals surface area contributed by atoms with Gasteiger partial charge in [0.15, 0.2) is 16.6 Å². The van der Waals surface area contributed by atoms with Crippen LogP contribution in [0.2, 0.25) is 0 Å². The molecule has 0 radical (unpaired) electrons. The van der Waals surface area contributed by atoms with Crippen LogP contribution in [0.25, 0.3) is 10.8 Å². The molecule has 2 unspecified atom stereocenters. The Kier molecular flexibility index (Phi) is 5.48. The Morgan fingerprint density at radius 3 is 2.52 bits per heavy atom. The zero-order chi connectivity index (χ0) is 22.1. The van der Waals surface area contributed by atoms with Crippen LogP contribution < -0.4 is 25.8 Å². The Bertz CT molecular complexity index is 1210. The van der Waals surface area contributed by atoms with Crippen molar-refractivity contribution in [3.05, 3.63) is 65.7 Å². The molecular weight excluding hydrogens is 414 g/mol. The molecule has 1 aliphatic rings. The summed E-state index contributed by atoms with van der Waals surface area (Å²) in [6.07, 6.45) is 0. The van der Waals surface area contributed by atoms with Crippen LogP contribution in [0.5, 0.6) is 11.5 Å². The Morgan fingerprint density at radius 2 is 1.81 bits per heavy atom. The van der Waals surface area contributed by atoms with Crippen LogP contribution in [0.4, 0.5) is 5.69 Å². The third-order valence-corrected chi connectivity index (χ3v) is 5.55. The van der Waals surface area contributed by atoms with Gasteiger partial charge in [0.25, 0.3) is 0 Å². The highest BCUT2D eigenvalue weighted by molar-refractivity contribution is 7.80. The van der Waals surface area contributed by atoms with Crippen molar-refractivity contribution in [2.24, 2.45) is 11.7 Å². The maximum atomic E-state index is 13.1. The van der Waals surface area contributed by atoms with Crippen molar-refractivity contribution in [2.45, 2.75) is 5.92 Å². The highest BCUT2D eigenvalue weighted by Crippen LogP contribution is 2.46. The van der Waals surface area contributed by atoms with Gasteiger partial charge in [-0.25, -0.2) is 0 Å². The number of ether oxygens (including phenoxy) is 2. The number of hydrogen-bond donors (Lipinski definition) is 3. The largest absolute Gasteiger partial charge is 0.493 e. The molecule has 0 bridgehead atoms. The molecule has 4 rings (SSSR count). The Morgan fingerprint density at radius 1 is 1.06 bits per heavy atom. The highest BCUT2D eigenvalue weighted by Gasteiger charge is 2.43. The molecule has 0 saturated carbocycles. The van der Waals surface area contributed by atoms with Crippen LogP contribution in [0.3, 0.4) is 0 Å². The lowest BCUT2D eigenvalue weighted by atomic mass is 9.75. The monoisotopic (exact) mass is 435 g/mol. The average Bonchev–Trinajstić information content (AvgIpc) is 2.76. The van der Waals surface area contributed by atoms with Crippen LogP contribution in [0.15, 0.2) is 54.6 Å². The van der Waals surface area contributed by atoms with E-state index in [1.807, 2.05) is 42.5 Å². The number of thiocarbonyl (C=S) groups is 1. The molecule has 4 N–H and O–H groups in total. The molecule has 0 aromatic heterocycles. The summed E-state index contributed by atoms with van der Waals surface area (Å²) in [6.45, 7) is 0. The van der Waals surface area contributed by atoms with E-state index in [9.17, 15) is 9.59 Å². The maximum absolute atomic E-state index is 13.1. The molecule has 158 valence electrons. The molecule has 3 aromatic carbocycles. The fourth-order valence-electron chi connectivity index (χ4n) is 4.14. The van der Waals surface area contributed by atoms with Crippen LogP contribution in [0, 0.1) is 5.92 Å². The third-order valence-electron chi connectivity index (χ3n) is 5.45. The summed E-state index contributed by atoms with van der Waals surface area (Å²) in [5, 5.41) is 7.04. The molecule has 1 aliphatic heterocycles. The molecule has 31 heavy (non-hydrogen) atoms. The molecule has 8 heteroatoms. The van der Waals surface area contributed by atoms with E-state index in [1.54, 1.807) is 19.2 Å². The molecule has 2 amide bonds. The number of carbonyl (C=O) groups is 2. The van der Waals surface area contributed by atoms with Crippen molar-refractivity contribution < 1.29 is 19.1 Å². The van der Waals surface area contributed by atoms with Gasteiger partial charge in [-0.3, -0.25) is 9.59 Å². The second kappa shape index (κ2) is 8.23. The minimum absolute atomic E-state index is 0.187. The minimum Gasteiger partial charge on any atom is -0.493 e. The summed E-state index contributed by atoms with van der Waals surface area (Å²) in [5.74, 6) is -1.63. The smallest absolute Gasteiger partial charge is 0.239 e. The number of amides is 2. The molecule has 0 saturated heterocycles. The number of rotatable bonds is 4. The normalized spacial score (nSPS) is 17.4. The predicted octanol–water partition coefficient (Wildman–Crippen LogP) is 2.92. The van der Waals surface area contributed by atoms with Gasteiger partial charge in [0, 0.05) is 11.6 Å². The lowest BCUT2D eigenvalue weighted by molar-refractivity contribution is -0.132. The molecule has 1 heterocycles. The van der Waals surface area contributed by atoms with Gasteiger partial charge in [-0.1, -0.05) is 36.4 Å². The van der Waals surface area contributed by atoms with Crippen LogP contribution in [0.1, 0.15) is 17.0 Å². The van der Waals surface area contributed by atoms with Gasteiger partial charge in [0.2, 0.25) is 11.8 Å². The Hall–Kier alpha value is -3.65. The van der Waals surface area contributed by atoms with E-state index in [0.29, 0.717) is 17.2 Å². The van der Waals surface area contributed by atoms with E-state index >= 15 is 0 Å². The van der Waals surface area contributed by atoms with E-state index in [1.165, 1.54) is 7.11 Å². The summed E-state index contributed by atoms with van der Waals surface area (Å²) in [6, 6.07) is 17.0. The van der Waals surface area contributed by atoms with Crippen LogP contribution in [-0.4, -0.2) is 31.1 Å². The zero-order valence-corrected chi connectivity index (χ0v) is 17.8. The molecule has 0 aliphatic carbocycles. The number of hydrogen-bond acceptors (Lipinski definition) is 5. The molecular formula is C23H21N3O4S. The number of nitrogens with two attached hydrogens (primary N) is 1. The van der Waals surface area contributed by atoms with Gasteiger partial charge in [-0.2, -0.15) is 0 Å². The number of methoxy groups -OCH3 is 2. The van der Waals surface area contributed by atoms with E-state index < -0.39 is 23.7 Å². The number of benzene rings is 3. The summed E-state index contributed by atoms with van der Waals surface area (Å²) >= 11 is 4.84. The average molecular weight is 436 g/mol. The summed E-state index contributed by atoms with van der Waals surface area (Å²) in [4.78, 5) is 26.1. The minimum atomic E-state index is -1.09. The predicted molar refractivity (Wildman–Crippen MR) is 122 cm³/mol. The molecule has 0 fully saturated rings. The Balaban J connectivity index is 1.99. The molecule has 3 aromatic rings. The first-order valence-electron chi connectivity index (χ1n) is 9.59. The van der Waals surface area contributed by atoms with Crippen molar-refractivity contribution in [1.82, 2.24) is 5.32 Å². The summed E-state index contributed by atoms with van der Waals surface area (Å²) < 4.78 is 10.8. The first kappa shape index (κ1) is 20.6. The topological polar surface area (TPSA) is 103 Å². The lowest BCUT2D eigenvalue weighted by Crippen LogP contribution is -2.47. The fraction of sp³-hybridized carbons (Fsp3) is 0.174. The summed E-state index contributed by atoms with van der Waals surface area (Å²) in [5.41, 5.74) is 7.76. The quantitative estimate of drug-likeness (QED) is 0.430. The zero-order valence-electron chi connectivity index (χ0n) is 17.0. The van der Waals surface area contributed by atoms with Gasteiger partial charge in [-0.15, -0.1) is 0 Å². The second-order valence-corrected chi connectivity index (χ2v) is 7.60.